The number of hydrogen-bond donors (Lipinski definition) is 0. The summed E-state index contributed by atoms with van der Waals surface area (Å²) in [5.41, 5.74) is 11.9. The molecule has 0 N–H and O–H groups in total. The molecule has 55 heavy (non-hydrogen) atoms. The molecule has 0 saturated heterocycles. The molecule has 4 heteroatoms. The van der Waals surface area contributed by atoms with Crippen LogP contribution >= 0.6 is 0 Å². The zero-order valence-corrected chi connectivity index (χ0v) is 29.7. The van der Waals surface area contributed by atoms with Crippen molar-refractivity contribution in [2.24, 2.45) is 0 Å². The molecule has 0 saturated carbocycles. The van der Waals surface area contributed by atoms with Gasteiger partial charge in [-0.3, -0.25) is 0 Å². The molecule has 0 fully saturated rings. The molecular formula is C51H32N2O2. The lowest BCUT2D eigenvalue weighted by Crippen LogP contribution is -2.10. The van der Waals surface area contributed by atoms with Crippen molar-refractivity contribution >= 4 is 71.6 Å². The zero-order valence-electron chi connectivity index (χ0n) is 29.7. The van der Waals surface area contributed by atoms with Crippen molar-refractivity contribution in [1.82, 2.24) is 4.98 Å². The first-order valence-corrected chi connectivity index (χ1v) is 18.5. The molecule has 9 aromatic carbocycles. The average molecular weight is 705 g/mol. The minimum atomic E-state index is 0.600. The average Bonchev–Trinajstić information content (AvgIpc) is 3.86. The predicted molar refractivity (Wildman–Crippen MR) is 227 cm³/mol. The molecular weight excluding hydrogens is 673 g/mol. The van der Waals surface area contributed by atoms with E-state index in [2.05, 4.69) is 157 Å². The Morgan fingerprint density at radius 2 is 1.00 bits per heavy atom. The summed E-state index contributed by atoms with van der Waals surface area (Å²) in [6.45, 7) is 0. The van der Waals surface area contributed by atoms with E-state index in [9.17, 15) is 0 Å². The smallest absolute Gasteiger partial charge is 0.227 e. The summed E-state index contributed by atoms with van der Waals surface area (Å²) < 4.78 is 12.7. The first-order chi connectivity index (χ1) is 27.2. The molecule has 0 aliphatic carbocycles. The third-order valence-corrected chi connectivity index (χ3v) is 10.7. The highest BCUT2D eigenvalue weighted by Crippen LogP contribution is 2.41. The molecule has 2 heterocycles. The Morgan fingerprint density at radius 3 is 1.85 bits per heavy atom. The van der Waals surface area contributed by atoms with E-state index < -0.39 is 0 Å². The van der Waals surface area contributed by atoms with Crippen molar-refractivity contribution < 1.29 is 8.83 Å². The number of benzene rings is 9. The zero-order chi connectivity index (χ0) is 36.3. The Balaban J connectivity index is 1.02. The van der Waals surface area contributed by atoms with Gasteiger partial charge in [0.15, 0.2) is 5.58 Å². The monoisotopic (exact) mass is 704 g/mol. The Hall–Kier alpha value is -7.43. The van der Waals surface area contributed by atoms with Crippen LogP contribution in [0.15, 0.2) is 203 Å². The highest BCUT2D eigenvalue weighted by molar-refractivity contribution is 6.17. The Morgan fingerprint density at radius 1 is 0.364 bits per heavy atom. The summed E-state index contributed by atoms with van der Waals surface area (Å²) in [4.78, 5) is 7.17. The maximum absolute atomic E-state index is 6.41. The van der Waals surface area contributed by atoms with Crippen molar-refractivity contribution in [1.29, 1.82) is 0 Å². The van der Waals surface area contributed by atoms with Crippen molar-refractivity contribution in [3.05, 3.63) is 194 Å². The summed E-state index contributed by atoms with van der Waals surface area (Å²) in [6, 6.07) is 68.4. The fourth-order valence-corrected chi connectivity index (χ4v) is 7.98. The number of hydrogen-bond acceptors (Lipinski definition) is 4. The summed E-state index contributed by atoms with van der Waals surface area (Å²) in [5, 5.41) is 6.90. The standard InChI is InChI=1S/C51H32N2O2/c1-3-10-33(11-4-1)37-15-9-16-41(30-37)53(42-25-26-44-39(31-42)19-18-35-12-7-8-17-43(35)44)40-23-20-34(21-24-40)38-22-28-47-45(32-38)49-48(54-47)29-27-46-50(49)55-51(52-46)36-13-5-2-6-14-36/h1-32H. The van der Waals surface area contributed by atoms with Gasteiger partial charge in [-0.2, -0.15) is 0 Å². The first kappa shape index (κ1) is 31.1. The summed E-state index contributed by atoms with van der Waals surface area (Å²) >= 11 is 0. The van der Waals surface area contributed by atoms with Crippen LogP contribution in [0, 0.1) is 0 Å². The van der Waals surface area contributed by atoms with Crippen molar-refractivity contribution in [2.45, 2.75) is 0 Å². The topological polar surface area (TPSA) is 42.4 Å². The lowest BCUT2D eigenvalue weighted by atomic mass is 10.00. The Kier molecular flexibility index (Phi) is 7.14. The van der Waals surface area contributed by atoms with Crippen molar-refractivity contribution in [3.63, 3.8) is 0 Å². The predicted octanol–water partition coefficient (Wildman–Crippen LogP) is 14.5. The van der Waals surface area contributed by atoms with E-state index in [1.807, 2.05) is 42.5 Å². The molecule has 0 aliphatic rings. The molecule has 0 atom stereocenters. The molecule has 4 nitrogen and oxygen atoms in total. The van der Waals surface area contributed by atoms with E-state index in [0.29, 0.717) is 5.89 Å². The fourth-order valence-electron chi connectivity index (χ4n) is 7.98. The molecule has 258 valence electrons. The number of fused-ring (bicyclic) bond motifs is 8. The van der Waals surface area contributed by atoms with E-state index >= 15 is 0 Å². The third-order valence-electron chi connectivity index (χ3n) is 10.7. The normalized spacial score (nSPS) is 11.6. The summed E-state index contributed by atoms with van der Waals surface area (Å²) in [5.74, 6) is 0.600. The van der Waals surface area contributed by atoms with E-state index in [1.165, 1.54) is 32.7 Å². The van der Waals surface area contributed by atoms with Gasteiger partial charge in [0.2, 0.25) is 5.89 Å². The van der Waals surface area contributed by atoms with Gasteiger partial charge in [0.25, 0.3) is 0 Å². The van der Waals surface area contributed by atoms with Crippen LogP contribution in [-0.2, 0) is 0 Å². The van der Waals surface area contributed by atoms with E-state index in [-0.39, 0.29) is 0 Å². The number of nitrogens with zero attached hydrogens (tertiary/aromatic N) is 2. The van der Waals surface area contributed by atoms with Crippen LogP contribution in [0.2, 0.25) is 0 Å². The molecule has 0 aliphatic heterocycles. The number of oxazole rings is 1. The minimum absolute atomic E-state index is 0.600. The second-order valence-corrected chi connectivity index (χ2v) is 14.0. The number of anilines is 3. The second kappa shape index (κ2) is 12.6. The van der Waals surface area contributed by atoms with Gasteiger partial charge in [0.1, 0.15) is 16.7 Å². The van der Waals surface area contributed by atoms with Crippen molar-refractivity contribution in [3.8, 4) is 33.7 Å². The highest BCUT2D eigenvalue weighted by Gasteiger charge is 2.19. The van der Waals surface area contributed by atoms with E-state index in [4.69, 9.17) is 13.8 Å². The maximum atomic E-state index is 6.41. The number of rotatable bonds is 6. The van der Waals surface area contributed by atoms with Gasteiger partial charge in [0, 0.05) is 28.0 Å². The maximum Gasteiger partial charge on any atom is 0.227 e. The summed E-state index contributed by atoms with van der Waals surface area (Å²) in [6.07, 6.45) is 0. The van der Waals surface area contributed by atoms with E-state index in [0.717, 1.165) is 66.8 Å². The molecule has 0 amide bonds. The van der Waals surface area contributed by atoms with Gasteiger partial charge < -0.3 is 13.7 Å². The van der Waals surface area contributed by atoms with Gasteiger partial charge in [-0.15, -0.1) is 0 Å². The van der Waals surface area contributed by atoms with Gasteiger partial charge in [-0.1, -0.05) is 121 Å². The molecule has 0 unspecified atom stereocenters. The molecule has 11 rings (SSSR count). The van der Waals surface area contributed by atoms with Crippen LogP contribution in [0.3, 0.4) is 0 Å². The molecule has 11 aromatic rings. The quantitative estimate of drug-likeness (QED) is 0.162. The lowest BCUT2D eigenvalue weighted by molar-refractivity contribution is 0.622. The molecule has 2 aromatic heterocycles. The third kappa shape index (κ3) is 5.34. The van der Waals surface area contributed by atoms with Crippen LogP contribution in [0.25, 0.3) is 88.3 Å². The second-order valence-electron chi connectivity index (χ2n) is 14.0. The molecule has 0 bridgehead atoms. The van der Waals surface area contributed by atoms with Crippen LogP contribution < -0.4 is 4.90 Å². The van der Waals surface area contributed by atoms with E-state index in [1.54, 1.807) is 0 Å². The highest BCUT2D eigenvalue weighted by atomic mass is 16.4. The van der Waals surface area contributed by atoms with Crippen LogP contribution in [0.5, 0.6) is 0 Å². The van der Waals surface area contributed by atoms with Gasteiger partial charge in [-0.05, 0) is 117 Å². The van der Waals surface area contributed by atoms with Gasteiger partial charge in [0.05, 0.1) is 5.39 Å². The molecule has 0 spiro atoms. The number of aromatic nitrogens is 1. The SMILES string of the molecule is c1ccc(-c2cccc(N(c3ccc(-c4ccc5oc6ccc7nc(-c8ccccc8)oc7c6c5c4)cc3)c3ccc4c(ccc5ccccc54)c3)c2)cc1. The molecule has 0 radical (unpaired) electrons. The van der Waals surface area contributed by atoms with Crippen molar-refractivity contribution in [2.75, 3.05) is 4.90 Å². The largest absolute Gasteiger partial charge is 0.456 e. The Bertz CT molecular complexity index is 3200. The minimum Gasteiger partial charge on any atom is -0.456 e. The first-order valence-electron chi connectivity index (χ1n) is 18.5. The summed E-state index contributed by atoms with van der Waals surface area (Å²) in [7, 11) is 0. The fraction of sp³-hybridized carbons (Fsp3) is 0. The van der Waals surface area contributed by atoms with Crippen LogP contribution in [-0.4, -0.2) is 4.98 Å². The van der Waals surface area contributed by atoms with Crippen LogP contribution in [0.4, 0.5) is 17.1 Å². The number of furan rings is 1. The Labute approximate surface area is 317 Å². The van der Waals surface area contributed by atoms with Gasteiger partial charge >= 0.3 is 0 Å². The lowest BCUT2D eigenvalue weighted by Gasteiger charge is -2.27. The van der Waals surface area contributed by atoms with Crippen LogP contribution in [0.1, 0.15) is 0 Å². The van der Waals surface area contributed by atoms with Gasteiger partial charge in [-0.25, -0.2) is 4.98 Å².